The predicted octanol–water partition coefficient (Wildman–Crippen LogP) is 5.51. The van der Waals surface area contributed by atoms with Crippen LogP contribution in [0.5, 0.6) is 5.75 Å². The Hall–Kier alpha value is -2.33. The lowest BCUT2D eigenvalue weighted by Crippen LogP contribution is -1.94. The molecule has 0 saturated heterocycles. The second-order valence-electron chi connectivity index (χ2n) is 5.38. The molecule has 1 heterocycles. The molecule has 122 valence electrons. The summed E-state index contributed by atoms with van der Waals surface area (Å²) in [7, 11) is 1.67. The van der Waals surface area contributed by atoms with Crippen LogP contribution in [-0.2, 0) is 6.54 Å². The van der Waals surface area contributed by atoms with Gasteiger partial charge in [0.1, 0.15) is 11.6 Å². The third-order valence-corrected chi connectivity index (χ3v) is 4.36. The molecule has 0 fully saturated rings. The van der Waals surface area contributed by atoms with E-state index in [1.54, 1.807) is 7.11 Å². The Labute approximate surface area is 150 Å². The minimum atomic E-state index is 0.851. The summed E-state index contributed by atoms with van der Waals surface area (Å²) in [6.07, 6.45) is 6.22. The lowest BCUT2D eigenvalue weighted by atomic mass is 10.2. The molecule has 1 aromatic heterocycles. The largest absolute Gasteiger partial charge is 0.497 e. The first-order chi connectivity index (χ1) is 11.7. The van der Waals surface area contributed by atoms with Crippen molar-refractivity contribution >= 4 is 28.1 Å². The molecule has 0 bridgehead atoms. The van der Waals surface area contributed by atoms with Crippen molar-refractivity contribution in [2.75, 3.05) is 7.11 Å². The molecule has 24 heavy (non-hydrogen) atoms. The topological polar surface area (TPSA) is 27.1 Å². The number of halogens is 1. The Kier molecular flexibility index (Phi) is 5.16. The van der Waals surface area contributed by atoms with Crippen LogP contribution >= 0.6 is 15.9 Å². The average molecular weight is 383 g/mol. The highest BCUT2D eigenvalue weighted by Gasteiger charge is 2.07. The summed E-state index contributed by atoms with van der Waals surface area (Å²) in [5, 5.41) is 0. The number of aromatic nitrogens is 2. The molecule has 2 aromatic carbocycles. The van der Waals surface area contributed by atoms with Crippen molar-refractivity contribution in [2.45, 2.75) is 13.5 Å². The lowest BCUT2D eigenvalue weighted by molar-refractivity contribution is 0.415. The van der Waals surface area contributed by atoms with Gasteiger partial charge < -0.3 is 9.30 Å². The molecule has 0 aliphatic carbocycles. The first-order valence-electron chi connectivity index (χ1n) is 7.85. The van der Waals surface area contributed by atoms with Crippen molar-refractivity contribution in [2.24, 2.45) is 0 Å². The first kappa shape index (κ1) is 16.5. The van der Waals surface area contributed by atoms with Crippen LogP contribution in [0.25, 0.3) is 23.4 Å². The number of nitrogens with zero attached hydrogens (tertiary/aromatic N) is 2. The van der Waals surface area contributed by atoms with Crippen LogP contribution in [0.1, 0.15) is 18.3 Å². The number of benzene rings is 2. The molecule has 4 heteroatoms. The van der Waals surface area contributed by atoms with Crippen LogP contribution in [0.15, 0.2) is 59.2 Å². The summed E-state index contributed by atoms with van der Waals surface area (Å²) in [5.74, 6) is 1.80. The first-order valence-corrected chi connectivity index (χ1v) is 8.64. The summed E-state index contributed by atoms with van der Waals surface area (Å²) >= 11 is 3.45. The molecule has 0 saturated carbocycles. The molecule has 0 atom stereocenters. The Balaban J connectivity index is 1.88. The van der Waals surface area contributed by atoms with Gasteiger partial charge in [-0.15, -0.1) is 0 Å². The fourth-order valence-electron chi connectivity index (χ4n) is 2.46. The molecule has 0 spiro atoms. The van der Waals surface area contributed by atoms with E-state index in [1.165, 1.54) is 0 Å². The van der Waals surface area contributed by atoms with Crippen LogP contribution in [-0.4, -0.2) is 16.7 Å². The van der Waals surface area contributed by atoms with Gasteiger partial charge in [-0.25, -0.2) is 4.98 Å². The molecule has 0 unspecified atom stereocenters. The number of rotatable bonds is 5. The highest BCUT2D eigenvalue weighted by atomic mass is 79.9. The van der Waals surface area contributed by atoms with Crippen LogP contribution in [0, 0.1) is 0 Å². The standard InChI is InChI=1S/C20H19BrN2O/c1-3-23-14-19(16-7-11-18(24-2)12-8-16)22-20(23)13-6-15-4-9-17(21)10-5-15/h4-14H,3H2,1-2H3. The summed E-state index contributed by atoms with van der Waals surface area (Å²) in [6, 6.07) is 16.2. The number of methoxy groups -OCH3 is 1. The van der Waals surface area contributed by atoms with Gasteiger partial charge in [0.25, 0.3) is 0 Å². The average Bonchev–Trinajstić information content (AvgIpc) is 3.04. The fourth-order valence-corrected chi connectivity index (χ4v) is 2.73. The van der Waals surface area contributed by atoms with E-state index in [9.17, 15) is 0 Å². The zero-order chi connectivity index (χ0) is 16.9. The van der Waals surface area contributed by atoms with Crippen molar-refractivity contribution in [3.8, 4) is 17.0 Å². The Morgan fingerprint density at radius 2 is 1.75 bits per heavy atom. The minimum Gasteiger partial charge on any atom is -0.497 e. The van der Waals surface area contributed by atoms with Gasteiger partial charge in [-0.2, -0.15) is 0 Å². The quantitative estimate of drug-likeness (QED) is 0.581. The highest BCUT2D eigenvalue weighted by molar-refractivity contribution is 9.10. The van der Waals surface area contributed by atoms with Crippen molar-refractivity contribution in [3.05, 3.63) is 70.6 Å². The minimum absolute atomic E-state index is 0.851. The van der Waals surface area contributed by atoms with Crippen LogP contribution in [0.3, 0.4) is 0 Å². The molecule has 3 nitrogen and oxygen atoms in total. The molecule has 0 radical (unpaired) electrons. The summed E-state index contributed by atoms with van der Waals surface area (Å²) < 4.78 is 8.44. The molecular formula is C20H19BrN2O. The van der Waals surface area contributed by atoms with Gasteiger partial charge >= 0.3 is 0 Å². The van der Waals surface area contributed by atoms with E-state index in [0.29, 0.717) is 0 Å². The van der Waals surface area contributed by atoms with Crippen molar-refractivity contribution < 1.29 is 4.74 Å². The number of imidazole rings is 1. The van der Waals surface area contributed by atoms with E-state index < -0.39 is 0 Å². The van der Waals surface area contributed by atoms with Crippen LogP contribution in [0.2, 0.25) is 0 Å². The van der Waals surface area contributed by atoms with E-state index in [0.717, 1.165) is 39.4 Å². The second-order valence-corrected chi connectivity index (χ2v) is 6.30. The summed E-state index contributed by atoms with van der Waals surface area (Å²) in [4.78, 5) is 4.77. The van der Waals surface area contributed by atoms with Crippen LogP contribution in [0.4, 0.5) is 0 Å². The highest BCUT2D eigenvalue weighted by Crippen LogP contribution is 2.23. The zero-order valence-corrected chi connectivity index (χ0v) is 15.3. The van der Waals surface area contributed by atoms with E-state index >= 15 is 0 Å². The normalized spacial score (nSPS) is 11.1. The van der Waals surface area contributed by atoms with Crippen molar-refractivity contribution in [1.82, 2.24) is 9.55 Å². The summed E-state index contributed by atoms with van der Waals surface area (Å²) in [6.45, 7) is 3.00. The molecule has 3 aromatic rings. The Morgan fingerprint density at radius 1 is 1.04 bits per heavy atom. The molecule has 0 aliphatic rings. The van der Waals surface area contributed by atoms with Gasteiger partial charge in [0, 0.05) is 22.8 Å². The maximum atomic E-state index is 5.21. The smallest absolute Gasteiger partial charge is 0.133 e. The van der Waals surface area contributed by atoms with E-state index in [4.69, 9.17) is 9.72 Å². The molecule has 3 rings (SSSR count). The monoisotopic (exact) mass is 382 g/mol. The number of hydrogen-bond acceptors (Lipinski definition) is 2. The van der Waals surface area contributed by atoms with Crippen molar-refractivity contribution in [3.63, 3.8) is 0 Å². The van der Waals surface area contributed by atoms with Crippen molar-refractivity contribution in [1.29, 1.82) is 0 Å². The number of aryl methyl sites for hydroxylation is 1. The van der Waals surface area contributed by atoms with E-state index in [2.05, 4.69) is 57.9 Å². The molecule has 0 amide bonds. The summed E-state index contributed by atoms with van der Waals surface area (Å²) in [5.41, 5.74) is 3.20. The van der Waals surface area contributed by atoms with Gasteiger partial charge in [0.05, 0.1) is 12.8 Å². The van der Waals surface area contributed by atoms with E-state index in [-0.39, 0.29) is 0 Å². The van der Waals surface area contributed by atoms with Gasteiger partial charge in [0.15, 0.2) is 0 Å². The second kappa shape index (κ2) is 7.49. The maximum Gasteiger partial charge on any atom is 0.133 e. The SMILES string of the molecule is CCn1cc(-c2ccc(OC)cc2)nc1C=Cc1ccc(Br)cc1. The molecular weight excluding hydrogens is 364 g/mol. The third-order valence-electron chi connectivity index (χ3n) is 3.83. The van der Waals surface area contributed by atoms with Gasteiger partial charge in [-0.1, -0.05) is 34.1 Å². The Bertz CT molecular complexity index is 833. The number of hydrogen-bond donors (Lipinski definition) is 0. The van der Waals surface area contributed by atoms with Gasteiger partial charge in [0.2, 0.25) is 0 Å². The van der Waals surface area contributed by atoms with E-state index in [1.807, 2.05) is 36.4 Å². The van der Waals surface area contributed by atoms with Gasteiger partial charge in [-0.05, 0) is 55.0 Å². The predicted molar refractivity (Wildman–Crippen MR) is 103 cm³/mol. The number of ether oxygens (including phenoxy) is 1. The molecule has 0 N–H and O–H groups in total. The fraction of sp³-hybridized carbons (Fsp3) is 0.150. The van der Waals surface area contributed by atoms with Crippen LogP contribution < -0.4 is 4.74 Å². The molecule has 0 aliphatic heterocycles. The lowest BCUT2D eigenvalue weighted by Gasteiger charge is -2.00. The third kappa shape index (κ3) is 3.77. The zero-order valence-electron chi connectivity index (χ0n) is 13.7. The maximum absolute atomic E-state index is 5.21. The Morgan fingerprint density at radius 3 is 2.38 bits per heavy atom. The van der Waals surface area contributed by atoms with Gasteiger partial charge in [-0.3, -0.25) is 0 Å².